The quantitative estimate of drug-likeness (QED) is 0.811. The molecule has 1 aliphatic heterocycles. The summed E-state index contributed by atoms with van der Waals surface area (Å²) in [4.78, 5) is 2.52. The van der Waals surface area contributed by atoms with Crippen LogP contribution in [-0.2, 0) is 6.61 Å². The summed E-state index contributed by atoms with van der Waals surface area (Å²) in [5.41, 5.74) is 2.28. The lowest BCUT2D eigenvalue weighted by Crippen LogP contribution is -2.31. The molecule has 94 valence electrons. The number of aliphatic hydroxyl groups is 1. The van der Waals surface area contributed by atoms with Crippen LogP contribution in [0.1, 0.15) is 30.0 Å². The summed E-state index contributed by atoms with van der Waals surface area (Å²) >= 11 is 0. The number of likely N-dealkylation sites (N-methyl/N-ethyl adjacent to an activating group) is 1. The van der Waals surface area contributed by atoms with Gasteiger partial charge in [0.25, 0.3) is 0 Å². The van der Waals surface area contributed by atoms with Gasteiger partial charge in [-0.25, -0.2) is 0 Å². The molecule has 0 amide bonds. The molecule has 17 heavy (non-hydrogen) atoms. The average molecular weight is 234 g/mol. The van der Waals surface area contributed by atoms with Crippen molar-refractivity contribution in [2.75, 3.05) is 26.7 Å². The number of aliphatic hydroxyl groups excluding tert-OH is 1. The SMILES string of the molecule is CNC(CN1CCCC1)c1ccc(CO)cc1. The van der Waals surface area contributed by atoms with Crippen molar-refractivity contribution in [1.29, 1.82) is 0 Å². The van der Waals surface area contributed by atoms with E-state index in [0.29, 0.717) is 6.04 Å². The predicted molar refractivity (Wildman–Crippen MR) is 69.8 cm³/mol. The van der Waals surface area contributed by atoms with Crippen LogP contribution in [0.5, 0.6) is 0 Å². The predicted octanol–water partition coefficient (Wildman–Crippen LogP) is 1.54. The molecule has 2 rings (SSSR count). The lowest BCUT2D eigenvalue weighted by atomic mass is 10.0. The maximum absolute atomic E-state index is 9.03. The zero-order valence-corrected chi connectivity index (χ0v) is 10.5. The molecule has 1 heterocycles. The maximum Gasteiger partial charge on any atom is 0.0681 e. The Kier molecular flexibility index (Phi) is 4.54. The van der Waals surface area contributed by atoms with Crippen LogP contribution in [0.25, 0.3) is 0 Å². The van der Waals surface area contributed by atoms with E-state index in [9.17, 15) is 0 Å². The molecule has 1 unspecified atom stereocenters. The van der Waals surface area contributed by atoms with Crippen molar-refractivity contribution < 1.29 is 5.11 Å². The van der Waals surface area contributed by atoms with Gasteiger partial charge in [-0.05, 0) is 44.1 Å². The van der Waals surface area contributed by atoms with Gasteiger partial charge in [-0.3, -0.25) is 0 Å². The van der Waals surface area contributed by atoms with Crippen molar-refractivity contribution in [2.24, 2.45) is 0 Å². The van der Waals surface area contributed by atoms with Crippen LogP contribution in [0, 0.1) is 0 Å². The van der Waals surface area contributed by atoms with Gasteiger partial charge in [0, 0.05) is 12.6 Å². The van der Waals surface area contributed by atoms with Crippen LogP contribution in [0.3, 0.4) is 0 Å². The Morgan fingerprint density at radius 3 is 2.41 bits per heavy atom. The van der Waals surface area contributed by atoms with Crippen LogP contribution >= 0.6 is 0 Å². The topological polar surface area (TPSA) is 35.5 Å². The molecule has 1 atom stereocenters. The smallest absolute Gasteiger partial charge is 0.0681 e. The molecule has 0 saturated carbocycles. The van der Waals surface area contributed by atoms with Gasteiger partial charge in [-0.1, -0.05) is 24.3 Å². The highest BCUT2D eigenvalue weighted by atomic mass is 16.3. The second-order valence-electron chi connectivity index (χ2n) is 4.75. The van der Waals surface area contributed by atoms with E-state index in [-0.39, 0.29) is 6.61 Å². The van der Waals surface area contributed by atoms with Crippen LogP contribution in [0.15, 0.2) is 24.3 Å². The Labute approximate surface area is 103 Å². The van der Waals surface area contributed by atoms with E-state index in [1.54, 1.807) is 0 Å². The minimum absolute atomic E-state index is 0.122. The number of rotatable bonds is 5. The Hall–Kier alpha value is -0.900. The number of benzene rings is 1. The van der Waals surface area contributed by atoms with E-state index in [0.717, 1.165) is 12.1 Å². The van der Waals surface area contributed by atoms with Crippen molar-refractivity contribution in [3.63, 3.8) is 0 Å². The average Bonchev–Trinajstić information content (AvgIpc) is 2.89. The van der Waals surface area contributed by atoms with Gasteiger partial charge in [-0.15, -0.1) is 0 Å². The zero-order valence-electron chi connectivity index (χ0n) is 10.5. The fraction of sp³-hybridized carbons (Fsp3) is 0.571. The van der Waals surface area contributed by atoms with Gasteiger partial charge in [0.1, 0.15) is 0 Å². The van der Waals surface area contributed by atoms with Crippen LogP contribution in [-0.4, -0.2) is 36.7 Å². The molecule has 0 bridgehead atoms. The summed E-state index contributed by atoms with van der Waals surface area (Å²) in [6.07, 6.45) is 2.67. The third-order valence-electron chi connectivity index (χ3n) is 3.55. The van der Waals surface area contributed by atoms with Crippen molar-refractivity contribution in [2.45, 2.75) is 25.5 Å². The van der Waals surface area contributed by atoms with Crippen molar-refractivity contribution in [1.82, 2.24) is 10.2 Å². The molecule has 1 aromatic carbocycles. The third kappa shape index (κ3) is 3.28. The summed E-state index contributed by atoms with van der Waals surface area (Å²) < 4.78 is 0. The molecule has 1 saturated heterocycles. The van der Waals surface area contributed by atoms with Gasteiger partial charge in [0.15, 0.2) is 0 Å². The molecule has 2 N–H and O–H groups in total. The van der Waals surface area contributed by atoms with E-state index in [4.69, 9.17) is 5.11 Å². The Balaban J connectivity index is 2.00. The molecule has 3 heteroatoms. The third-order valence-corrected chi connectivity index (χ3v) is 3.55. The number of nitrogens with zero attached hydrogens (tertiary/aromatic N) is 1. The van der Waals surface area contributed by atoms with Gasteiger partial charge in [0.05, 0.1) is 6.61 Å². The fourth-order valence-electron chi connectivity index (χ4n) is 2.44. The summed E-state index contributed by atoms with van der Waals surface area (Å²) in [6.45, 7) is 3.66. The first-order valence-corrected chi connectivity index (χ1v) is 6.43. The fourth-order valence-corrected chi connectivity index (χ4v) is 2.44. The first kappa shape index (κ1) is 12.6. The molecule has 0 aliphatic carbocycles. The second-order valence-corrected chi connectivity index (χ2v) is 4.75. The molecule has 0 radical (unpaired) electrons. The molecule has 1 aliphatic rings. The summed E-state index contributed by atoms with van der Waals surface area (Å²) in [7, 11) is 2.01. The highest BCUT2D eigenvalue weighted by Crippen LogP contribution is 2.18. The van der Waals surface area contributed by atoms with Crippen LogP contribution < -0.4 is 5.32 Å². The number of likely N-dealkylation sites (tertiary alicyclic amines) is 1. The zero-order chi connectivity index (χ0) is 12.1. The van der Waals surface area contributed by atoms with Gasteiger partial charge >= 0.3 is 0 Å². The van der Waals surface area contributed by atoms with E-state index in [2.05, 4.69) is 22.3 Å². The van der Waals surface area contributed by atoms with Gasteiger partial charge in [-0.2, -0.15) is 0 Å². The monoisotopic (exact) mass is 234 g/mol. The molecule has 1 aromatic rings. The largest absolute Gasteiger partial charge is 0.392 e. The Morgan fingerprint density at radius 1 is 1.24 bits per heavy atom. The maximum atomic E-state index is 9.03. The number of hydrogen-bond donors (Lipinski definition) is 2. The van der Waals surface area contributed by atoms with E-state index in [1.807, 2.05) is 19.2 Å². The Morgan fingerprint density at radius 2 is 1.88 bits per heavy atom. The van der Waals surface area contributed by atoms with Crippen molar-refractivity contribution in [3.8, 4) is 0 Å². The molecule has 0 spiro atoms. The molecule has 3 nitrogen and oxygen atoms in total. The number of hydrogen-bond acceptors (Lipinski definition) is 3. The number of nitrogens with one attached hydrogen (secondary N) is 1. The van der Waals surface area contributed by atoms with Gasteiger partial charge in [0.2, 0.25) is 0 Å². The first-order chi connectivity index (χ1) is 8.33. The second kappa shape index (κ2) is 6.15. The van der Waals surface area contributed by atoms with E-state index >= 15 is 0 Å². The summed E-state index contributed by atoms with van der Waals surface area (Å²) in [6, 6.07) is 8.62. The summed E-state index contributed by atoms with van der Waals surface area (Å²) in [5.74, 6) is 0. The van der Waals surface area contributed by atoms with Crippen LogP contribution in [0.4, 0.5) is 0 Å². The standard InChI is InChI=1S/C14H22N2O/c1-15-14(10-16-8-2-3-9-16)13-6-4-12(11-17)5-7-13/h4-7,14-15,17H,2-3,8-11H2,1H3. The van der Waals surface area contributed by atoms with Crippen LogP contribution in [0.2, 0.25) is 0 Å². The first-order valence-electron chi connectivity index (χ1n) is 6.43. The van der Waals surface area contributed by atoms with Gasteiger partial charge < -0.3 is 15.3 Å². The minimum Gasteiger partial charge on any atom is -0.392 e. The lowest BCUT2D eigenvalue weighted by molar-refractivity contribution is 0.281. The molecule has 1 fully saturated rings. The normalized spacial score (nSPS) is 18.5. The highest BCUT2D eigenvalue weighted by Gasteiger charge is 2.17. The summed E-state index contributed by atoms with van der Waals surface area (Å²) in [5, 5.41) is 12.4. The highest BCUT2D eigenvalue weighted by molar-refractivity contribution is 5.24. The van der Waals surface area contributed by atoms with Crippen molar-refractivity contribution in [3.05, 3.63) is 35.4 Å². The molecular weight excluding hydrogens is 212 g/mol. The van der Waals surface area contributed by atoms with E-state index < -0.39 is 0 Å². The molecule has 0 aromatic heterocycles. The molecular formula is C14H22N2O. The lowest BCUT2D eigenvalue weighted by Gasteiger charge is -2.23. The Bertz CT molecular complexity index is 331. The minimum atomic E-state index is 0.122. The van der Waals surface area contributed by atoms with Crippen molar-refractivity contribution >= 4 is 0 Å². The van der Waals surface area contributed by atoms with E-state index in [1.165, 1.54) is 31.5 Å².